The molecule has 1 aromatic rings. The molecule has 0 aromatic heterocycles. The second-order valence-electron chi connectivity index (χ2n) is 5.31. The fraction of sp³-hybridized carbons (Fsp3) is 0.625. The Morgan fingerprint density at radius 3 is 2.05 bits per heavy atom. The fourth-order valence-corrected chi connectivity index (χ4v) is 2.05. The lowest BCUT2D eigenvalue weighted by Gasteiger charge is -2.28. The molecule has 20 heavy (non-hydrogen) atoms. The number of benzene rings is 1. The average Bonchev–Trinajstić information content (AvgIpc) is 2.45. The number of ether oxygens (including phenoxy) is 2. The molecular formula is C16H27NO3. The van der Waals surface area contributed by atoms with Crippen molar-refractivity contribution in [3.63, 3.8) is 0 Å². The average molecular weight is 281 g/mol. The Morgan fingerprint density at radius 1 is 1.10 bits per heavy atom. The molecule has 0 aliphatic carbocycles. The lowest BCUT2D eigenvalue weighted by Crippen LogP contribution is -2.36. The van der Waals surface area contributed by atoms with E-state index in [9.17, 15) is 5.11 Å². The van der Waals surface area contributed by atoms with Gasteiger partial charge in [-0.2, -0.15) is 0 Å². The van der Waals surface area contributed by atoms with Crippen LogP contribution in [0.4, 0.5) is 0 Å². The van der Waals surface area contributed by atoms with Crippen LogP contribution in [-0.2, 0) is 6.54 Å². The van der Waals surface area contributed by atoms with Gasteiger partial charge in [0, 0.05) is 25.2 Å². The van der Waals surface area contributed by atoms with Crippen LogP contribution in [0.25, 0.3) is 0 Å². The van der Waals surface area contributed by atoms with Gasteiger partial charge in [-0.1, -0.05) is 6.92 Å². The maximum atomic E-state index is 9.87. The first-order chi connectivity index (χ1) is 9.49. The zero-order chi connectivity index (χ0) is 15.1. The Hall–Kier alpha value is -1.26. The Labute approximate surface area is 122 Å². The highest BCUT2D eigenvalue weighted by atomic mass is 16.5. The zero-order valence-corrected chi connectivity index (χ0v) is 13.2. The summed E-state index contributed by atoms with van der Waals surface area (Å²) in [5.41, 5.74) is 1.12. The normalized spacial score (nSPS) is 12.8. The van der Waals surface area contributed by atoms with E-state index in [1.165, 1.54) is 0 Å². The van der Waals surface area contributed by atoms with Crippen LogP contribution in [0.15, 0.2) is 18.2 Å². The number of aliphatic hydroxyl groups excluding tert-OH is 1. The molecule has 0 spiro atoms. The molecule has 1 N–H and O–H groups in total. The molecule has 0 amide bonds. The van der Waals surface area contributed by atoms with Crippen LogP contribution >= 0.6 is 0 Å². The molecular weight excluding hydrogens is 254 g/mol. The third-order valence-corrected chi connectivity index (χ3v) is 3.44. The Bertz CT molecular complexity index is 384. The number of aliphatic hydroxyl groups is 1. The summed E-state index contributed by atoms with van der Waals surface area (Å²) in [6.07, 6.45) is 0.481. The predicted octanol–water partition coefficient (Wildman–Crippen LogP) is 2.69. The number of methoxy groups -OCH3 is 2. The van der Waals surface area contributed by atoms with E-state index in [2.05, 4.69) is 18.7 Å². The van der Waals surface area contributed by atoms with Crippen LogP contribution in [0.2, 0.25) is 0 Å². The van der Waals surface area contributed by atoms with Crippen LogP contribution in [0.3, 0.4) is 0 Å². The lowest BCUT2D eigenvalue weighted by atomic mass is 10.1. The summed E-state index contributed by atoms with van der Waals surface area (Å²) in [5, 5.41) is 9.87. The van der Waals surface area contributed by atoms with Crippen molar-refractivity contribution in [1.29, 1.82) is 0 Å². The van der Waals surface area contributed by atoms with Crippen LogP contribution in [0, 0.1) is 0 Å². The lowest BCUT2D eigenvalue weighted by molar-refractivity contribution is 0.0881. The number of hydrogen-bond donors (Lipinski definition) is 1. The van der Waals surface area contributed by atoms with Gasteiger partial charge in [0.05, 0.1) is 20.3 Å². The minimum absolute atomic E-state index is 0.287. The molecule has 1 aromatic carbocycles. The van der Waals surface area contributed by atoms with Gasteiger partial charge >= 0.3 is 0 Å². The largest absolute Gasteiger partial charge is 0.497 e. The van der Waals surface area contributed by atoms with E-state index in [-0.39, 0.29) is 6.10 Å². The minimum Gasteiger partial charge on any atom is -0.497 e. The molecule has 0 fully saturated rings. The molecule has 4 nitrogen and oxygen atoms in total. The third kappa shape index (κ3) is 5.02. The third-order valence-electron chi connectivity index (χ3n) is 3.44. The summed E-state index contributed by atoms with van der Waals surface area (Å²) in [5.74, 6) is 1.58. The smallest absolute Gasteiger partial charge is 0.122 e. The quantitative estimate of drug-likeness (QED) is 0.795. The van der Waals surface area contributed by atoms with Crippen molar-refractivity contribution in [2.75, 3.05) is 20.8 Å². The Morgan fingerprint density at radius 2 is 1.65 bits per heavy atom. The molecule has 1 rings (SSSR count). The molecule has 0 saturated heterocycles. The van der Waals surface area contributed by atoms with Gasteiger partial charge in [0.1, 0.15) is 11.5 Å². The highest BCUT2D eigenvalue weighted by molar-refractivity contribution is 5.38. The molecule has 0 heterocycles. The molecule has 4 heteroatoms. The predicted molar refractivity (Wildman–Crippen MR) is 81.4 cm³/mol. The van der Waals surface area contributed by atoms with Gasteiger partial charge in [0.15, 0.2) is 0 Å². The van der Waals surface area contributed by atoms with Crippen molar-refractivity contribution in [3.8, 4) is 11.5 Å². The first-order valence-corrected chi connectivity index (χ1v) is 7.14. The van der Waals surface area contributed by atoms with Gasteiger partial charge in [0.2, 0.25) is 0 Å². The summed E-state index contributed by atoms with van der Waals surface area (Å²) >= 11 is 0. The van der Waals surface area contributed by atoms with Crippen LogP contribution in [0.1, 0.15) is 32.8 Å². The maximum Gasteiger partial charge on any atom is 0.122 e. The molecule has 0 saturated carbocycles. The van der Waals surface area contributed by atoms with Crippen molar-refractivity contribution in [3.05, 3.63) is 23.8 Å². The monoisotopic (exact) mass is 281 g/mol. The topological polar surface area (TPSA) is 41.9 Å². The zero-order valence-electron chi connectivity index (χ0n) is 13.2. The van der Waals surface area contributed by atoms with E-state index in [1.807, 2.05) is 25.1 Å². The Balaban J connectivity index is 2.87. The van der Waals surface area contributed by atoms with Crippen molar-refractivity contribution in [1.82, 2.24) is 4.90 Å². The number of nitrogens with zero attached hydrogens (tertiary/aromatic N) is 1. The second-order valence-corrected chi connectivity index (χ2v) is 5.31. The first-order valence-electron chi connectivity index (χ1n) is 7.14. The fourth-order valence-electron chi connectivity index (χ4n) is 2.05. The summed E-state index contributed by atoms with van der Waals surface area (Å²) < 4.78 is 10.6. The first kappa shape index (κ1) is 16.8. The second kappa shape index (κ2) is 8.12. The van der Waals surface area contributed by atoms with Gasteiger partial charge in [0.25, 0.3) is 0 Å². The number of rotatable bonds is 8. The minimum atomic E-state index is -0.287. The van der Waals surface area contributed by atoms with Crippen molar-refractivity contribution in [2.45, 2.75) is 45.9 Å². The summed E-state index contributed by atoms with van der Waals surface area (Å²) in [6, 6.07) is 6.25. The molecule has 1 atom stereocenters. The van der Waals surface area contributed by atoms with E-state index >= 15 is 0 Å². The highest BCUT2D eigenvalue weighted by Crippen LogP contribution is 2.24. The standard InChI is InChI=1S/C16H27NO3/c1-6-14(18)11-17(12(2)3)10-13-7-15(19-4)9-16(8-13)20-5/h7-9,12,14,18H,6,10-11H2,1-5H3. The van der Waals surface area contributed by atoms with Gasteiger partial charge in [-0.05, 0) is 38.0 Å². The molecule has 114 valence electrons. The van der Waals surface area contributed by atoms with E-state index in [1.54, 1.807) is 14.2 Å². The van der Waals surface area contributed by atoms with E-state index in [0.717, 1.165) is 30.0 Å². The highest BCUT2D eigenvalue weighted by Gasteiger charge is 2.15. The van der Waals surface area contributed by atoms with Gasteiger partial charge in [-0.25, -0.2) is 0 Å². The molecule has 0 bridgehead atoms. The van der Waals surface area contributed by atoms with Crippen molar-refractivity contribution >= 4 is 0 Å². The van der Waals surface area contributed by atoms with Crippen LogP contribution in [0.5, 0.6) is 11.5 Å². The summed E-state index contributed by atoms with van der Waals surface area (Å²) in [4.78, 5) is 2.25. The summed E-state index contributed by atoms with van der Waals surface area (Å²) in [6.45, 7) is 7.72. The van der Waals surface area contributed by atoms with Gasteiger partial charge < -0.3 is 14.6 Å². The van der Waals surface area contributed by atoms with E-state index in [0.29, 0.717) is 12.6 Å². The molecule has 0 radical (unpaired) electrons. The van der Waals surface area contributed by atoms with Crippen molar-refractivity contribution in [2.24, 2.45) is 0 Å². The van der Waals surface area contributed by atoms with Gasteiger partial charge in [-0.3, -0.25) is 4.90 Å². The molecule has 0 aliphatic rings. The SMILES string of the molecule is CCC(O)CN(Cc1cc(OC)cc(OC)c1)C(C)C. The molecule has 1 unspecified atom stereocenters. The molecule has 0 aliphatic heterocycles. The number of hydrogen-bond acceptors (Lipinski definition) is 4. The van der Waals surface area contributed by atoms with E-state index < -0.39 is 0 Å². The maximum absolute atomic E-state index is 9.87. The Kier molecular flexibility index (Phi) is 6.82. The van der Waals surface area contributed by atoms with Crippen molar-refractivity contribution < 1.29 is 14.6 Å². The van der Waals surface area contributed by atoms with Gasteiger partial charge in [-0.15, -0.1) is 0 Å². The van der Waals surface area contributed by atoms with Crippen LogP contribution < -0.4 is 9.47 Å². The van der Waals surface area contributed by atoms with E-state index in [4.69, 9.17) is 9.47 Å². The summed E-state index contributed by atoms with van der Waals surface area (Å²) in [7, 11) is 3.30. The van der Waals surface area contributed by atoms with Crippen LogP contribution in [-0.4, -0.2) is 42.9 Å².